The maximum absolute atomic E-state index is 5.87. The van der Waals surface area contributed by atoms with Crippen LogP contribution >= 0.6 is 0 Å². The number of unbranched alkanes of at least 4 members (excludes halogenated alkanes) is 12. The number of hydrogen-bond donors (Lipinski definition) is 0. The summed E-state index contributed by atoms with van der Waals surface area (Å²) in [5, 5.41) is 0. The average Bonchev–Trinajstić information content (AvgIpc) is 2.53. The molecule has 0 amide bonds. The molecule has 0 saturated heterocycles. The highest BCUT2D eigenvalue weighted by Crippen LogP contribution is 2.14. The van der Waals surface area contributed by atoms with Crippen molar-refractivity contribution in [3.05, 3.63) is 0 Å². The Kier molecular flexibility index (Phi) is 18.7. The predicted molar refractivity (Wildman–Crippen MR) is 114 cm³/mol. The van der Waals surface area contributed by atoms with E-state index in [9.17, 15) is 0 Å². The van der Waals surface area contributed by atoms with Crippen molar-refractivity contribution in [2.75, 3.05) is 6.61 Å². The molecule has 25 heavy (non-hydrogen) atoms. The normalized spacial score (nSPS) is 13.1. The van der Waals surface area contributed by atoms with Gasteiger partial charge in [0.25, 0.3) is 0 Å². The maximum Gasteiger partial charge on any atom is 0.0549 e. The predicted octanol–water partition coefficient (Wildman–Crippen LogP) is 8.56. The molecule has 0 spiro atoms. The minimum Gasteiger partial charge on any atom is -0.379 e. The van der Waals surface area contributed by atoms with Gasteiger partial charge in [-0.15, -0.1) is 0 Å². The van der Waals surface area contributed by atoms with E-state index in [-0.39, 0.29) is 0 Å². The smallest absolute Gasteiger partial charge is 0.0549 e. The first-order valence-corrected chi connectivity index (χ1v) is 11.6. The summed E-state index contributed by atoms with van der Waals surface area (Å²) in [6.07, 6.45) is 21.6. The molecule has 0 heterocycles. The minimum absolute atomic E-state index is 0.440. The topological polar surface area (TPSA) is 9.23 Å². The zero-order valence-corrected chi connectivity index (χ0v) is 18.5. The van der Waals surface area contributed by atoms with E-state index in [1.165, 1.54) is 96.3 Å². The van der Waals surface area contributed by atoms with Crippen molar-refractivity contribution in [3.63, 3.8) is 0 Å². The summed E-state index contributed by atoms with van der Waals surface area (Å²) >= 11 is 0. The van der Waals surface area contributed by atoms with Crippen molar-refractivity contribution < 1.29 is 4.74 Å². The van der Waals surface area contributed by atoms with E-state index in [2.05, 4.69) is 34.6 Å². The van der Waals surface area contributed by atoms with Crippen molar-refractivity contribution >= 4 is 0 Å². The Morgan fingerprint density at radius 1 is 0.480 bits per heavy atom. The van der Waals surface area contributed by atoms with E-state index in [1.54, 1.807) is 0 Å². The molecular formula is C24H50O. The van der Waals surface area contributed by atoms with Gasteiger partial charge in [0.1, 0.15) is 0 Å². The second-order valence-corrected chi connectivity index (χ2v) is 9.09. The highest BCUT2D eigenvalue weighted by molar-refractivity contribution is 4.54. The van der Waals surface area contributed by atoms with Gasteiger partial charge in [0.15, 0.2) is 0 Å². The minimum atomic E-state index is 0.440. The second kappa shape index (κ2) is 18.7. The Labute approximate surface area is 160 Å². The van der Waals surface area contributed by atoms with Gasteiger partial charge in [-0.05, 0) is 31.6 Å². The lowest BCUT2D eigenvalue weighted by atomic mass is 10.0. The molecule has 0 aliphatic heterocycles. The van der Waals surface area contributed by atoms with Crippen LogP contribution in [0.1, 0.15) is 131 Å². The molecule has 152 valence electrons. The third-order valence-corrected chi connectivity index (χ3v) is 5.13. The van der Waals surface area contributed by atoms with E-state index in [0.717, 1.165) is 18.4 Å². The maximum atomic E-state index is 5.87. The van der Waals surface area contributed by atoms with Gasteiger partial charge in [-0.2, -0.15) is 0 Å². The van der Waals surface area contributed by atoms with Crippen molar-refractivity contribution in [3.8, 4) is 0 Å². The molecule has 1 atom stereocenters. The molecule has 0 saturated carbocycles. The molecule has 1 unspecified atom stereocenters. The van der Waals surface area contributed by atoms with E-state index in [0.29, 0.717) is 6.10 Å². The molecule has 0 aromatic carbocycles. The summed E-state index contributed by atoms with van der Waals surface area (Å²) in [5.41, 5.74) is 0. The van der Waals surface area contributed by atoms with E-state index in [1.807, 2.05) is 0 Å². The van der Waals surface area contributed by atoms with Gasteiger partial charge in [-0.1, -0.05) is 111 Å². The first-order valence-electron chi connectivity index (χ1n) is 11.6. The zero-order valence-electron chi connectivity index (χ0n) is 18.5. The summed E-state index contributed by atoms with van der Waals surface area (Å²) in [6, 6.07) is 0. The van der Waals surface area contributed by atoms with Crippen LogP contribution in [0.3, 0.4) is 0 Å². The molecule has 0 aliphatic carbocycles. The average molecular weight is 355 g/mol. The molecule has 0 aromatic rings. The Bertz CT molecular complexity index is 246. The Balaban J connectivity index is 3.07. The Morgan fingerprint density at radius 2 is 0.880 bits per heavy atom. The lowest BCUT2D eigenvalue weighted by molar-refractivity contribution is 0.0494. The molecule has 0 fully saturated rings. The summed E-state index contributed by atoms with van der Waals surface area (Å²) in [6.45, 7) is 12.4. The van der Waals surface area contributed by atoms with E-state index >= 15 is 0 Å². The van der Waals surface area contributed by atoms with Crippen LogP contribution in [-0.2, 0) is 4.74 Å². The van der Waals surface area contributed by atoms with Crippen LogP contribution < -0.4 is 0 Å². The molecule has 0 radical (unpaired) electrons. The monoisotopic (exact) mass is 354 g/mol. The fourth-order valence-electron chi connectivity index (χ4n) is 3.62. The Morgan fingerprint density at radius 3 is 1.28 bits per heavy atom. The van der Waals surface area contributed by atoms with E-state index < -0.39 is 0 Å². The van der Waals surface area contributed by atoms with Crippen LogP contribution in [0.4, 0.5) is 0 Å². The van der Waals surface area contributed by atoms with E-state index in [4.69, 9.17) is 4.74 Å². The van der Waals surface area contributed by atoms with Crippen LogP contribution in [0.2, 0.25) is 0 Å². The van der Waals surface area contributed by atoms with Gasteiger partial charge in [0.05, 0.1) is 6.10 Å². The number of ether oxygens (including phenoxy) is 1. The fraction of sp³-hybridized carbons (Fsp3) is 1.00. The molecule has 1 nitrogen and oxygen atoms in total. The molecular weight excluding hydrogens is 304 g/mol. The van der Waals surface area contributed by atoms with Gasteiger partial charge in [0, 0.05) is 6.61 Å². The van der Waals surface area contributed by atoms with Gasteiger partial charge in [0.2, 0.25) is 0 Å². The van der Waals surface area contributed by atoms with Crippen LogP contribution in [0.15, 0.2) is 0 Å². The van der Waals surface area contributed by atoms with Crippen molar-refractivity contribution in [2.45, 2.75) is 137 Å². The molecule has 0 bridgehead atoms. The highest BCUT2D eigenvalue weighted by atomic mass is 16.5. The van der Waals surface area contributed by atoms with Crippen LogP contribution in [-0.4, -0.2) is 12.7 Å². The van der Waals surface area contributed by atoms with Gasteiger partial charge >= 0.3 is 0 Å². The fourth-order valence-corrected chi connectivity index (χ4v) is 3.62. The molecule has 0 N–H and O–H groups in total. The third kappa shape index (κ3) is 21.9. The molecule has 0 aromatic heterocycles. The van der Waals surface area contributed by atoms with Crippen LogP contribution in [0.5, 0.6) is 0 Å². The van der Waals surface area contributed by atoms with Crippen LogP contribution in [0, 0.1) is 11.8 Å². The van der Waals surface area contributed by atoms with Gasteiger partial charge < -0.3 is 4.74 Å². The zero-order chi connectivity index (χ0) is 18.8. The lowest BCUT2D eigenvalue weighted by Crippen LogP contribution is -2.12. The third-order valence-electron chi connectivity index (χ3n) is 5.13. The highest BCUT2D eigenvalue weighted by Gasteiger charge is 2.04. The first kappa shape index (κ1) is 25.0. The van der Waals surface area contributed by atoms with Crippen molar-refractivity contribution in [1.29, 1.82) is 0 Å². The second-order valence-electron chi connectivity index (χ2n) is 9.09. The summed E-state index contributed by atoms with van der Waals surface area (Å²) in [7, 11) is 0. The standard InChI is InChI=1S/C24H50O/c1-22(2)19-17-15-13-11-9-7-6-8-10-12-14-16-18-20-25-24(5)21-23(3)4/h22-24H,6-21H2,1-5H3. The van der Waals surface area contributed by atoms with Gasteiger partial charge in [-0.25, -0.2) is 0 Å². The molecule has 0 aliphatic rings. The lowest BCUT2D eigenvalue weighted by Gasteiger charge is -2.14. The van der Waals surface area contributed by atoms with Gasteiger partial charge in [-0.3, -0.25) is 0 Å². The molecule has 0 rings (SSSR count). The summed E-state index contributed by atoms with van der Waals surface area (Å²) in [5.74, 6) is 1.64. The first-order chi connectivity index (χ1) is 12.0. The largest absolute Gasteiger partial charge is 0.379 e. The van der Waals surface area contributed by atoms with Crippen LogP contribution in [0.25, 0.3) is 0 Å². The molecule has 1 heteroatoms. The summed E-state index contributed by atoms with van der Waals surface area (Å²) in [4.78, 5) is 0. The summed E-state index contributed by atoms with van der Waals surface area (Å²) < 4.78 is 5.87. The quantitative estimate of drug-likeness (QED) is 0.211. The van der Waals surface area contributed by atoms with Crippen molar-refractivity contribution in [1.82, 2.24) is 0 Å². The number of hydrogen-bond acceptors (Lipinski definition) is 1. The van der Waals surface area contributed by atoms with Crippen molar-refractivity contribution in [2.24, 2.45) is 11.8 Å². The SMILES string of the molecule is CC(C)CCCCCCCCCCCCCCCOC(C)CC(C)C. The number of rotatable bonds is 19. The Hall–Kier alpha value is -0.0400.